The summed E-state index contributed by atoms with van der Waals surface area (Å²) in [6.45, 7) is 9.60. The van der Waals surface area contributed by atoms with Crippen molar-refractivity contribution in [3.63, 3.8) is 0 Å². The second-order valence-electron chi connectivity index (χ2n) is 13.0. The molecule has 242 valence electrons. The van der Waals surface area contributed by atoms with E-state index in [0.717, 1.165) is 39.7 Å². The number of halogens is 1. The fourth-order valence-electron chi connectivity index (χ4n) is 6.52. The van der Waals surface area contributed by atoms with Crippen LogP contribution in [0.1, 0.15) is 55.7 Å². The minimum Gasteiger partial charge on any atom is -0.490 e. The number of aliphatic carboxylic acids is 1. The standard InChI is InChI=1S/C35H35FN6O4S/c1-17-21-9-8-12-45-29(21)24(36)14-22(17)28-23-15-26(33-39-31(40-47-33)19-10-11-25-20(13-19)16-37-42(25)7)41(6)32(23)38-18(2)27(28)30(34(43)44)46-35(3,4)5/h10-11,13-16,30H,8-9,12H2,1-7H3,(H,43,44). The van der Waals surface area contributed by atoms with Crippen molar-refractivity contribution in [2.24, 2.45) is 14.1 Å². The number of aryl methyl sites for hydroxylation is 3. The molecule has 6 aromatic rings. The highest BCUT2D eigenvalue weighted by atomic mass is 32.1. The molecule has 7 rings (SSSR count). The van der Waals surface area contributed by atoms with Crippen LogP contribution >= 0.6 is 11.5 Å². The molecule has 0 saturated carbocycles. The zero-order chi connectivity index (χ0) is 33.4. The van der Waals surface area contributed by atoms with Crippen molar-refractivity contribution >= 4 is 39.4 Å². The first-order valence-corrected chi connectivity index (χ1v) is 16.2. The highest BCUT2D eigenvalue weighted by Crippen LogP contribution is 2.45. The molecule has 1 aliphatic heterocycles. The van der Waals surface area contributed by atoms with E-state index in [-0.39, 0.29) is 5.75 Å². The molecule has 0 spiro atoms. The quantitative estimate of drug-likeness (QED) is 0.198. The van der Waals surface area contributed by atoms with Crippen LogP contribution in [-0.4, -0.2) is 52.0 Å². The largest absolute Gasteiger partial charge is 0.490 e. The Morgan fingerprint density at radius 2 is 1.94 bits per heavy atom. The van der Waals surface area contributed by atoms with Gasteiger partial charge in [-0.3, -0.25) is 4.68 Å². The number of carbonyl (C=O) groups is 1. The fourth-order valence-corrected chi connectivity index (χ4v) is 7.26. The Labute approximate surface area is 275 Å². The molecular formula is C35H35FN6O4S. The first-order chi connectivity index (χ1) is 22.3. The number of hydrogen-bond donors (Lipinski definition) is 1. The Morgan fingerprint density at radius 1 is 1.15 bits per heavy atom. The number of carboxylic acid groups (broad SMARTS) is 1. The third-order valence-corrected chi connectivity index (χ3v) is 9.45. The molecule has 1 N–H and O–H groups in total. The monoisotopic (exact) mass is 654 g/mol. The molecule has 0 saturated heterocycles. The van der Waals surface area contributed by atoms with Gasteiger partial charge in [0, 0.05) is 52.8 Å². The van der Waals surface area contributed by atoms with E-state index < -0.39 is 23.5 Å². The molecule has 1 unspecified atom stereocenters. The second kappa shape index (κ2) is 11.2. The first kappa shape index (κ1) is 30.9. The summed E-state index contributed by atoms with van der Waals surface area (Å²) in [5, 5.41) is 17.2. The topological polar surface area (TPSA) is 117 Å². The normalized spacial score (nSPS) is 14.0. The summed E-state index contributed by atoms with van der Waals surface area (Å²) in [5.41, 5.74) is 6.11. The number of benzene rings is 2. The summed E-state index contributed by atoms with van der Waals surface area (Å²) in [5.74, 6) is -0.780. The lowest BCUT2D eigenvalue weighted by Gasteiger charge is -2.29. The van der Waals surface area contributed by atoms with Crippen LogP contribution in [0.2, 0.25) is 0 Å². The van der Waals surface area contributed by atoms with E-state index in [0.29, 0.717) is 57.3 Å². The van der Waals surface area contributed by atoms with Gasteiger partial charge in [-0.05, 0) is 100 Å². The van der Waals surface area contributed by atoms with Gasteiger partial charge in [-0.15, -0.1) is 0 Å². The highest BCUT2D eigenvalue weighted by molar-refractivity contribution is 7.09. The van der Waals surface area contributed by atoms with Crippen LogP contribution in [0.3, 0.4) is 0 Å². The number of rotatable bonds is 6. The predicted molar refractivity (Wildman–Crippen MR) is 179 cm³/mol. The fraction of sp³-hybridized carbons (Fsp3) is 0.343. The Balaban J connectivity index is 1.46. The summed E-state index contributed by atoms with van der Waals surface area (Å²) < 4.78 is 36.1. The molecule has 0 amide bonds. The van der Waals surface area contributed by atoms with Crippen LogP contribution in [-0.2, 0) is 30.0 Å². The van der Waals surface area contributed by atoms with Crippen LogP contribution in [0.4, 0.5) is 4.39 Å². The van der Waals surface area contributed by atoms with Crippen LogP contribution in [0, 0.1) is 19.7 Å². The van der Waals surface area contributed by atoms with Gasteiger partial charge >= 0.3 is 5.97 Å². The Hall–Kier alpha value is -4.68. The minimum atomic E-state index is -1.35. The maximum absolute atomic E-state index is 15.8. The summed E-state index contributed by atoms with van der Waals surface area (Å²) in [4.78, 5) is 22.7. The van der Waals surface area contributed by atoms with Crippen LogP contribution in [0.5, 0.6) is 5.75 Å². The van der Waals surface area contributed by atoms with Crippen molar-refractivity contribution in [1.29, 1.82) is 0 Å². The van der Waals surface area contributed by atoms with Gasteiger partial charge in [0.1, 0.15) is 5.65 Å². The molecule has 0 bridgehead atoms. The maximum atomic E-state index is 15.8. The van der Waals surface area contributed by atoms with E-state index in [1.165, 1.54) is 17.6 Å². The molecule has 47 heavy (non-hydrogen) atoms. The van der Waals surface area contributed by atoms with E-state index in [9.17, 15) is 9.90 Å². The summed E-state index contributed by atoms with van der Waals surface area (Å²) in [6, 6.07) is 9.39. The van der Waals surface area contributed by atoms with Gasteiger partial charge in [0.15, 0.2) is 28.5 Å². The third kappa shape index (κ3) is 5.25. The molecule has 12 heteroatoms. The number of nitrogens with zero attached hydrogens (tertiary/aromatic N) is 6. The molecular weight excluding hydrogens is 619 g/mol. The SMILES string of the molecule is Cc1nc2c(cc(-c3nc(-c4ccc5c(cnn5C)c4)ns3)n2C)c(-c2cc(F)c3c(c2C)CCCO3)c1C(OC(C)(C)C)C(=O)O. The minimum absolute atomic E-state index is 0.265. The Morgan fingerprint density at radius 3 is 2.68 bits per heavy atom. The first-order valence-electron chi connectivity index (χ1n) is 15.4. The molecule has 0 aliphatic carbocycles. The average molecular weight is 655 g/mol. The smallest absolute Gasteiger partial charge is 0.337 e. The number of carboxylic acids is 1. The summed E-state index contributed by atoms with van der Waals surface area (Å²) in [7, 11) is 3.79. The lowest BCUT2D eigenvalue weighted by atomic mass is 9.86. The maximum Gasteiger partial charge on any atom is 0.337 e. The van der Waals surface area contributed by atoms with Gasteiger partial charge in [-0.1, -0.05) is 0 Å². The third-order valence-electron chi connectivity index (χ3n) is 8.72. The van der Waals surface area contributed by atoms with Gasteiger partial charge in [-0.25, -0.2) is 19.2 Å². The van der Waals surface area contributed by atoms with E-state index in [1.807, 2.05) is 81.5 Å². The molecule has 0 radical (unpaired) electrons. The number of ether oxygens (including phenoxy) is 2. The average Bonchev–Trinajstić information content (AvgIpc) is 3.74. The highest BCUT2D eigenvalue weighted by Gasteiger charge is 2.34. The molecule has 1 atom stereocenters. The van der Waals surface area contributed by atoms with Gasteiger partial charge in [0.2, 0.25) is 0 Å². The van der Waals surface area contributed by atoms with E-state index in [4.69, 9.17) is 19.4 Å². The molecule has 2 aromatic carbocycles. The zero-order valence-electron chi connectivity index (χ0n) is 27.3. The van der Waals surface area contributed by atoms with Crippen LogP contribution < -0.4 is 4.74 Å². The molecule has 0 fully saturated rings. The molecule has 5 heterocycles. The van der Waals surface area contributed by atoms with Gasteiger partial charge in [0.05, 0.1) is 29.6 Å². The second-order valence-corrected chi connectivity index (χ2v) is 13.8. The van der Waals surface area contributed by atoms with Crippen molar-refractivity contribution in [2.75, 3.05) is 6.61 Å². The van der Waals surface area contributed by atoms with Crippen molar-refractivity contribution in [2.45, 2.75) is 59.2 Å². The Kier molecular flexibility index (Phi) is 7.40. The van der Waals surface area contributed by atoms with E-state index in [1.54, 1.807) is 6.92 Å². The zero-order valence-corrected chi connectivity index (χ0v) is 28.1. The number of pyridine rings is 1. The molecule has 4 aromatic heterocycles. The lowest BCUT2D eigenvalue weighted by molar-refractivity contribution is -0.160. The van der Waals surface area contributed by atoms with Crippen molar-refractivity contribution in [3.8, 4) is 39.0 Å². The van der Waals surface area contributed by atoms with Crippen molar-refractivity contribution in [3.05, 3.63) is 64.7 Å². The predicted octanol–water partition coefficient (Wildman–Crippen LogP) is 7.33. The number of aromatic nitrogens is 6. The molecule has 10 nitrogen and oxygen atoms in total. The van der Waals surface area contributed by atoms with E-state index in [2.05, 4.69) is 9.47 Å². The summed E-state index contributed by atoms with van der Waals surface area (Å²) >= 11 is 1.26. The van der Waals surface area contributed by atoms with E-state index >= 15 is 4.39 Å². The van der Waals surface area contributed by atoms with Crippen LogP contribution in [0.25, 0.3) is 55.2 Å². The van der Waals surface area contributed by atoms with Gasteiger partial charge in [-0.2, -0.15) is 9.47 Å². The van der Waals surface area contributed by atoms with Gasteiger partial charge < -0.3 is 19.1 Å². The molecule has 1 aliphatic rings. The number of fused-ring (bicyclic) bond motifs is 3. The summed E-state index contributed by atoms with van der Waals surface area (Å²) in [6.07, 6.45) is 1.89. The number of hydrogen-bond acceptors (Lipinski definition) is 8. The van der Waals surface area contributed by atoms with Crippen molar-refractivity contribution < 1.29 is 23.8 Å². The Bertz CT molecular complexity index is 2230. The van der Waals surface area contributed by atoms with Gasteiger partial charge in [0.25, 0.3) is 0 Å². The lowest BCUT2D eigenvalue weighted by Crippen LogP contribution is -2.28. The van der Waals surface area contributed by atoms with Crippen LogP contribution in [0.15, 0.2) is 36.5 Å². The van der Waals surface area contributed by atoms with Crippen molar-refractivity contribution in [1.82, 2.24) is 28.7 Å².